The number of fused-ring (bicyclic) bond motifs is 3. The molecule has 2 N–H and O–H groups in total. The van der Waals surface area contributed by atoms with Crippen LogP contribution in [0.15, 0.2) is 84.9 Å². The van der Waals surface area contributed by atoms with Gasteiger partial charge in [-0.25, -0.2) is 9.59 Å². The zero-order valence-electron chi connectivity index (χ0n) is 36.0. The molecular formula is C51H58N2O9. The van der Waals surface area contributed by atoms with E-state index in [0.717, 1.165) is 71.9 Å². The molecule has 1 aliphatic carbocycles. The van der Waals surface area contributed by atoms with Crippen LogP contribution in [0.1, 0.15) is 103 Å². The maximum absolute atomic E-state index is 13.5. The molecule has 0 spiro atoms. The van der Waals surface area contributed by atoms with Gasteiger partial charge in [-0.15, -0.1) is 0 Å². The van der Waals surface area contributed by atoms with E-state index in [9.17, 15) is 14.4 Å². The molecule has 0 unspecified atom stereocenters. The highest BCUT2D eigenvalue weighted by Crippen LogP contribution is 2.37. The van der Waals surface area contributed by atoms with Crippen LogP contribution in [0.5, 0.6) is 11.5 Å². The van der Waals surface area contributed by atoms with Gasteiger partial charge in [0, 0.05) is 46.5 Å². The molecule has 62 heavy (non-hydrogen) atoms. The molecule has 2 amide bonds. The van der Waals surface area contributed by atoms with Gasteiger partial charge in [0.15, 0.2) is 5.78 Å². The summed E-state index contributed by atoms with van der Waals surface area (Å²) < 4.78 is 32.8. The quantitative estimate of drug-likeness (QED) is 0.0462. The average Bonchev–Trinajstić information content (AvgIpc) is 3.57. The summed E-state index contributed by atoms with van der Waals surface area (Å²) in [5.74, 6) is 14.1. The molecule has 0 aromatic heterocycles. The summed E-state index contributed by atoms with van der Waals surface area (Å²) in [7, 11) is 0. The number of alkyl carbamates (subject to hydrolysis) is 2. The SMILES string of the molecule is CCCCCCNC(=O)OCCOCCOc1ccc(C#Cc2ccc3c(c2)C(=O)c2cc(C#Cc4ccc(OCCOCCOC(=O)NCCCCCC)cc4)ccc2-3)cc1. The molecule has 0 atom stereocenters. The topological polar surface area (TPSA) is 131 Å². The normalized spacial score (nSPS) is 11.0. The van der Waals surface area contributed by atoms with Gasteiger partial charge < -0.3 is 39.1 Å². The van der Waals surface area contributed by atoms with E-state index >= 15 is 0 Å². The molecule has 4 aromatic rings. The molecule has 0 bridgehead atoms. The second-order valence-electron chi connectivity index (χ2n) is 14.6. The average molecular weight is 843 g/mol. The molecule has 4 aromatic carbocycles. The van der Waals surface area contributed by atoms with E-state index in [4.69, 9.17) is 28.4 Å². The van der Waals surface area contributed by atoms with Crippen molar-refractivity contribution < 1.29 is 42.8 Å². The van der Waals surface area contributed by atoms with Gasteiger partial charge in [-0.2, -0.15) is 0 Å². The smallest absolute Gasteiger partial charge is 0.407 e. The lowest BCUT2D eigenvalue weighted by molar-refractivity contribution is 0.0577. The minimum absolute atomic E-state index is 0.0457. The molecule has 11 heteroatoms. The predicted octanol–water partition coefficient (Wildman–Crippen LogP) is 9.10. The summed E-state index contributed by atoms with van der Waals surface area (Å²) in [5, 5.41) is 5.49. The number of amides is 2. The van der Waals surface area contributed by atoms with Crippen LogP contribution in [0, 0.1) is 23.7 Å². The second kappa shape index (κ2) is 26.8. The van der Waals surface area contributed by atoms with Crippen molar-refractivity contribution in [2.45, 2.75) is 65.2 Å². The van der Waals surface area contributed by atoms with Crippen LogP contribution in [0.4, 0.5) is 9.59 Å². The maximum atomic E-state index is 13.5. The first-order chi connectivity index (χ1) is 30.4. The zero-order valence-corrected chi connectivity index (χ0v) is 36.0. The third-order valence-electron chi connectivity index (χ3n) is 9.74. The lowest BCUT2D eigenvalue weighted by atomic mass is 10.0. The Hall–Kier alpha value is -6.27. The molecular weight excluding hydrogens is 785 g/mol. The Balaban J connectivity index is 0.992. The number of unbranched alkanes of at least 4 members (excludes halogenated alkanes) is 6. The van der Waals surface area contributed by atoms with Crippen molar-refractivity contribution in [1.82, 2.24) is 10.6 Å². The molecule has 5 rings (SSSR count). The molecule has 0 radical (unpaired) electrons. The van der Waals surface area contributed by atoms with E-state index in [1.165, 1.54) is 12.8 Å². The number of benzene rings is 4. The number of carbonyl (C=O) groups excluding carboxylic acids is 3. The van der Waals surface area contributed by atoms with E-state index in [1.54, 1.807) is 0 Å². The minimum atomic E-state index is -0.417. The summed E-state index contributed by atoms with van der Waals surface area (Å²) in [6.45, 7) is 7.97. The third-order valence-corrected chi connectivity index (χ3v) is 9.74. The fourth-order valence-electron chi connectivity index (χ4n) is 6.41. The van der Waals surface area contributed by atoms with Gasteiger partial charge in [-0.1, -0.05) is 88.2 Å². The van der Waals surface area contributed by atoms with Crippen molar-refractivity contribution in [3.05, 3.63) is 118 Å². The summed E-state index contributed by atoms with van der Waals surface area (Å²) in [5.41, 5.74) is 6.14. The third kappa shape index (κ3) is 16.3. The Kier molecular flexibility index (Phi) is 20.3. The number of hydrogen-bond acceptors (Lipinski definition) is 9. The second-order valence-corrected chi connectivity index (χ2v) is 14.6. The number of hydrogen-bond donors (Lipinski definition) is 2. The molecule has 0 heterocycles. The van der Waals surface area contributed by atoms with E-state index in [1.807, 2.05) is 84.9 Å². The molecule has 0 saturated carbocycles. The lowest BCUT2D eigenvalue weighted by Gasteiger charge is -2.09. The summed E-state index contributed by atoms with van der Waals surface area (Å²) >= 11 is 0. The van der Waals surface area contributed by atoms with Gasteiger partial charge in [0.2, 0.25) is 0 Å². The summed E-state index contributed by atoms with van der Waals surface area (Å²) in [4.78, 5) is 36.9. The highest BCUT2D eigenvalue weighted by molar-refractivity contribution is 6.22. The van der Waals surface area contributed by atoms with E-state index < -0.39 is 12.2 Å². The van der Waals surface area contributed by atoms with Crippen molar-refractivity contribution in [2.75, 3.05) is 65.9 Å². The molecule has 11 nitrogen and oxygen atoms in total. The lowest BCUT2D eigenvalue weighted by Crippen LogP contribution is -2.26. The van der Waals surface area contributed by atoms with Crippen molar-refractivity contribution >= 4 is 18.0 Å². The Bertz CT molecular complexity index is 2010. The van der Waals surface area contributed by atoms with Gasteiger partial charge in [0.1, 0.15) is 37.9 Å². The highest BCUT2D eigenvalue weighted by atomic mass is 16.6. The Morgan fingerprint density at radius 3 is 1.26 bits per heavy atom. The van der Waals surface area contributed by atoms with Crippen LogP contribution in [0.3, 0.4) is 0 Å². The van der Waals surface area contributed by atoms with Crippen molar-refractivity contribution in [3.63, 3.8) is 0 Å². The van der Waals surface area contributed by atoms with E-state index in [-0.39, 0.29) is 19.0 Å². The van der Waals surface area contributed by atoms with Gasteiger partial charge in [-0.3, -0.25) is 4.79 Å². The largest absolute Gasteiger partial charge is 0.491 e. The molecule has 326 valence electrons. The minimum Gasteiger partial charge on any atom is -0.491 e. The van der Waals surface area contributed by atoms with Crippen molar-refractivity contribution in [3.8, 4) is 46.3 Å². The van der Waals surface area contributed by atoms with Crippen LogP contribution < -0.4 is 20.1 Å². The Morgan fingerprint density at radius 2 is 0.839 bits per heavy atom. The summed E-state index contributed by atoms with van der Waals surface area (Å²) in [6.07, 6.45) is 7.92. The van der Waals surface area contributed by atoms with Crippen LogP contribution in [0.2, 0.25) is 0 Å². The Labute approximate surface area is 366 Å². The van der Waals surface area contributed by atoms with Gasteiger partial charge in [0.05, 0.1) is 26.4 Å². The molecule has 0 fully saturated rings. The van der Waals surface area contributed by atoms with Crippen LogP contribution in [0.25, 0.3) is 11.1 Å². The van der Waals surface area contributed by atoms with Crippen LogP contribution in [-0.4, -0.2) is 83.9 Å². The first-order valence-corrected chi connectivity index (χ1v) is 21.7. The van der Waals surface area contributed by atoms with Crippen molar-refractivity contribution in [1.29, 1.82) is 0 Å². The number of carbonyl (C=O) groups is 3. The molecule has 0 aliphatic heterocycles. The van der Waals surface area contributed by atoms with E-state index in [2.05, 4.69) is 48.2 Å². The van der Waals surface area contributed by atoms with Crippen molar-refractivity contribution in [2.24, 2.45) is 0 Å². The number of nitrogens with one attached hydrogen (secondary N) is 2. The van der Waals surface area contributed by atoms with Crippen LogP contribution in [-0.2, 0) is 18.9 Å². The molecule has 1 aliphatic rings. The predicted molar refractivity (Wildman–Crippen MR) is 240 cm³/mol. The van der Waals surface area contributed by atoms with Gasteiger partial charge >= 0.3 is 12.2 Å². The Morgan fingerprint density at radius 1 is 0.452 bits per heavy atom. The maximum Gasteiger partial charge on any atom is 0.407 e. The highest BCUT2D eigenvalue weighted by Gasteiger charge is 2.27. The first-order valence-electron chi connectivity index (χ1n) is 21.7. The monoisotopic (exact) mass is 842 g/mol. The fourth-order valence-corrected chi connectivity index (χ4v) is 6.41. The zero-order chi connectivity index (χ0) is 43.6. The fraction of sp³-hybridized carbons (Fsp3) is 0.392. The number of ether oxygens (including phenoxy) is 6. The standard InChI is InChI=1S/C51H58N2O9/c1-3-5-7-9-27-52-50(55)61-35-31-57-29-33-59-43-21-15-39(16-22-43)11-13-41-19-25-45-46-26-20-42(38-48(46)49(54)47(45)37-41)14-12-40-17-23-44(24-18-40)60-34-30-58-32-36-62-51(56)53-28-10-8-6-4-2/h15-26,37-38H,3-10,27-36H2,1-2H3,(H,52,55)(H,53,56). The van der Waals surface area contributed by atoms with E-state index in [0.29, 0.717) is 75.4 Å². The van der Waals surface area contributed by atoms with Crippen LogP contribution >= 0.6 is 0 Å². The molecule has 0 saturated heterocycles. The van der Waals surface area contributed by atoms with Gasteiger partial charge in [-0.05, 0) is 96.8 Å². The first kappa shape index (κ1) is 46.8. The number of ketones is 1. The summed E-state index contributed by atoms with van der Waals surface area (Å²) in [6, 6.07) is 26.4. The number of rotatable bonds is 24. The van der Waals surface area contributed by atoms with Gasteiger partial charge in [0.25, 0.3) is 0 Å².